The Balaban J connectivity index is 2.29. The van der Waals surface area contributed by atoms with E-state index >= 15 is 0 Å². The van der Waals surface area contributed by atoms with Crippen LogP contribution < -0.4 is 5.73 Å². The lowest BCUT2D eigenvalue weighted by Crippen LogP contribution is -2.15. The van der Waals surface area contributed by atoms with E-state index in [1.807, 2.05) is 6.07 Å². The fourth-order valence-corrected chi connectivity index (χ4v) is 2.00. The molecule has 14 heavy (non-hydrogen) atoms. The lowest BCUT2D eigenvalue weighted by atomic mass is 9.90. The van der Waals surface area contributed by atoms with Gasteiger partial charge in [-0.25, -0.2) is 0 Å². The van der Waals surface area contributed by atoms with Gasteiger partial charge < -0.3 is 15.6 Å². The summed E-state index contributed by atoms with van der Waals surface area (Å²) in [5, 5.41) is 9.72. The number of phenols is 1. The van der Waals surface area contributed by atoms with Gasteiger partial charge in [0.2, 0.25) is 0 Å². The van der Waals surface area contributed by atoms with E-state index in [9.17, 15) is 5.11 Å². The molecule has 1 saturated heterocycles. The van der Waals surface area contributed by atoms with Gasteiger partial charge in [0.1, 0.15) is 5.75 Å². The number of nitrogen functional groups attached to an aromatic ring is 1. The van der Waals surface area contributed by atoms with Crippen molar-refractivity contribution in [1.29, 1.82) is 0 Å². The van der Waals surface area contributed by atoms with Crippen LogP contribution in [0.15, 0.2) is 18.2 Å². The summed E-state index contributed by atoms with van der Waals surface area (Å²) in [6, 6.07) is 5.30. The van der Waals surface area contributed by atoms with Crippen LogP contribution >= 0.6 is 0 Å². The van der Waals surface area contributed by atoms with Crippen LogP contribution in [0.5, 0.6) is 5.75 Å². The maximum absolute atomic E-state index is 9.72. The minimum atomic E-state index is 0.317. The maximum Gasteiger partial charge on any atom is 0.121 e. The van der Waals surface area contributed by atoms with E-state index in [0.717, 1.165) is 31.6 Å². The van der Waals surface area contributed by atoms with E-state index in [2.05, 4.69) is 0 Å². The second-order valence-corrected chi connectivity index (χ2v) is 3.67. The summed E-state index contributed by atoms with van der Waals surface area (Å²) in [5.74, 6) is 0.668. The Hall–Kier alpha value is -1.22. The number of nitrogens with two attached hydrogens (primary N) is 1. The van der Waals surface area contributed by atoms with E-state index in [-0.39, 0.29) is 0 Å². The molecule has 3 N–H and O–H groups in total. The normalized spacial score (nSPS) is 18.3. The Labute approximate surface area is 83.5 Å². The summed E-state index contributed by atoms with van der Waals surface area (Å²) in [6.07, 6.45) is 1.89. The number of phenolic OH excluding ortho intramolecular Hbond substituents is 1. The first kappa shape index (κ1) is 9.34. The molecule has 0 atom stereocenters. The molecule has 2 rings (SSSR count). The van der Waals surface area contributed by atoms with E-state index in [1.54, 1.807) is 12.1 Å². The molecule has 0 aromatic heterocycles. The molecule has 1 aromatic rings. The lowest BCUT2D eigenvalue weighted by molar-refractivity contribution is 0.0850. The van der Waals surface area contributed by atoms with Crippen LogP contribution in [0.4, 0.5) is 5.69 Å². The van der Waals surface area contributed by atoms with Crippen LogP contribution in [-0.2, 0) is 4.74 Å². The molecule has 0 radical (unpaired) electrons. The van der Waals surface area contributed by atoms with Crippen molar-refractivity contribution < 1.29 is 9.84 Å². The Morgan fingerprint density at radius 3 is 2.64 bits per heavy atom. The molecule has 0 spiro atoms. The molecule has 1 aliphatic heterocycles. The molecule has 0 aliphatic carbocycles. The van der Waals surface area contributed by atoms with Crippen LogP contribution in [0.1, 0.15) is 24.3 Å². The van der Waals surface area contributed by atoms with Crippen LogP contribution in [0.3, 0.4) is 0 Å². The summed E-state index contributed by atoms with van der Waals surface area (Å²) < 4.78 is 5.28. The second-order valence-electron chi connectivity index (χ2n) is 3.67. The zero-order valence-corrected chi connectivity index (χ0v) is 8.07. The molecule has 76 valence electrons. The van der Waals surface area contributed by atoms with Crippen molar-refractivity contribution in [3.05, 3.63) is 23.8 Å². The van der Waals surface area contributed by atoms with Gasteiger partial charge in [-0.15, -0.1) is 0 Å². The molecule has 0 saturated carbocycles. The van der Waals surface area contributed by atoms with Crippen molar-refractivity contribution in [2.45, 2.75) is 18.8 Å². The molecular weight excluding hydrogens is 178 g/mol. The van der Waals surface area contributed by atoms with Gasteiger partial charge in [0, 0.05) is 24.5 Å². The van der Waals surface area contributed by atoms with Crippen molar-refractivity contribution in [3.63, 3.8) is 0 Å². The zero-order valence-electron chi connectivity index (χ0n) is 8.07. The summed E-state index contributed by atoms with van der Waals surface area (Å²) in [7, 11) is 0. The number of benzene rings is 1. The number of ether oxygens (including phenoxy) is 1. The smallest absolute Gasteiger partial charge is 0.121 e. The predicted molar refractivity (Wildman–Crippen MR) is 55.3 cm³/mol. The summed E-state index contributed by atoms with van der Waals surface area (Å²) in [4.78, 5) is 0. The number of hydrogen-bond donors (Lipinski definition) is 2. The number of aromatic hydroxyl groups is 1. The van der Waals surface area contributed by atoms with Crippen molar-refractivity contribution in [1.82, 2.24) is 0 Å². The molecule has 1 aromatic carbocycles. The SMILES string of the molecule is Nc1cccc(O)c1C1CCOCC1. The Morgan fingerprint density at radius 2 is 2.00 bits per heavy atom. The van der Waals surface area contributed by atoms with Crippen LogP contribution in [0.2, 0.25) is 0 Å². The quantitative estimate of drug-likeness (QED) is 0.669. The van der Waals surface area contributed by atoms with Crippen molar-refractivity contribution >= 4 is 5.69 Å². The highest BCUT2D eigenvalue weighted by atomic mass is 16.5. The first-order chi connectivity index (χ1) is 6.79. The molecule has 0 unspecified atom stereocenters. The Bertz CT molecular complexity index is 299. The molecular formula is C11H15NO2. The van der Waals surface area contributed by atoms with Crippen LogP contribution in [-0.4, -0.2) is 18.3 Å². The van der Waals surface area contributed by atoms with Gasteiger partial charge in [0.25, 0.3) is 0 Å². The fraction of sp³-hybridized carbons (Fsp3) is 0.455. The summed E-state index contributed by atoms with van der Waals surface area (Å²) in [5.41, 5.74) is 7.44. The van der Waals surface area contributed by atoms with Gasteiger partial charge in [0.15, 0.2) is 0 Å². The van der Waals surface area contributed by atoms with E-state index in [1.165, 1.54) is 0 Å². The summed E-state index contributed by atoms with van der Waals surface area (Å²) in [6.45, 7) is 1.52. The van der Waals surface area contributed by atoms with Gasteiger partial charge in [-0.1, -0.05) is 6.07 Å². The lowest BCUT2D eigenvalue weighted by Gasteiger charge is -2.24. The topological polar surface area (TPSA) is 55.5 Å². The minimum absolute atomic E-state index is 0.317. The molecule has 0 bridgehead atoms. The highest BCUT2D eigenvalue weighted by Crippen LogP contribution is 2.36. The van der Waals surface area contributed by atoms with Gasteiger partial charge in [-0.3, -0.25) is 0 Å². The van der Waals surface area contributed by atoms with Crippen LogP contribution in [0, 0.1) is 0 Å². The third kappa shape index (κ3) is 1.68. The van der Waals surface area contributed by atoms with Crippen molar-refractivity contribution in [2.24, 2.45) is 0 Å². The zero-order chi connectivity index (χ0) is 9.97. The maximum atomic E-state index is 9.72. The first-order valence-electron chi connectivity index (χ1n) is 4.94. The largest absolute Gasteiger partial charge is 0.508 e. The van der Waals surface area contributed by atoms with Gasteiger partial charge >= 0.3 is 0 Å². The number of rotatable bonds is 1. The van der Waals surface area contributed by atoms with Crippen LogP contribution in [0.25, 0.3) is 0 Å². The molecule has 3 nitrogen and oxygen atoms in total. The Morgan fingerprint density at radius 1 is 1.29 bits per heavy atom. The van der Waals surface area contributed by atoms with Gasteiger partial charge in [-0.05, 0) is 30.9 Å². The first-order valence-corrected chi connectivity index (χ1v) is 4.94. The monoisotopic (exact) mass is 193 g/mol. The van der Waals surface area contributed by atoms with E-state index in [0.29, 0.717) is 17.4 Å². The second kappa shape index (κ2) is 3.88. The average Bonchev–Trinajstić information content (AvgIpc) is 2.19. The predicted octanol–water partition coefficient (Wildman–Crippen LogP) is 1.87. The molecule has 0 amide bonds. The van der Waals surface area contributed by atoms with Gasteiger partial charge in [0.05, 0.1) is 0 Å². The van der Waals surface area contributed by atoms with E-state index in [4.69, 9.17) is 10.5 Å². The number of anilines is 1. The minimum Gasteiger partial charge on any atom is -0.508 e. The van der Waals surface area contributed by atoms with Crippen molar-refractivity contribution in [2.75, 3.05) is 18.9 Å². The molecule has 3 heteroatoms. The van der Waals surface area contributed by atoms with Gasteiger partial charge in [-0.2, -0.15) is 0 Å². The highest BCUT2D eigenvalue weighted by Gasteiger charge is 2.20. The third-order valence-electron chi connectivity index (χ3n) is 2.75. The molecule has 1 aliphatic rings. The van der Waals surface area contributed by atoms with E-state index < -0.39 is 0 Å². The number of hydrogen-bond acceptors (Lipinski definition) is 3. The van der Waals surface area contributed by atoms with Crippen molar-refractivity contribution in [3.8, 4) is 5.75 Å². The fourth-order valence-electron chi connectivity index (χ4n) is 2.00. The average molecular weight is 193 g/mol. The molecule has 1 heterocycles. The summed E-state index contributed by atoms with van der Waals surface area (Å²) >= 11 is 0. The molecule has 1 fully saturated rings. The third-order valence-corrected chi connectivity index (χ3v) is 2.75. The highest BCUT2D eigenvalue weighted by molar-refractivity contribution is 5.55. The Kier molecular flexibility index (Phi) is 2.59. The standard InChI is InChI=1S/C11H15NO2/c12-9-2-1-3-10(13)11(9)8-4-6-14-7-5-8/h1-3,8,13H,4-7,12H2.